The molecule has 1 heterocycles. The predicted molar refractivity (Wildman–Crippen MR) is 133 cm³/mol. The molecule has 0 saturated heterocycles. The van der Waals surface area contributed by atoms with Crippen molar-refractivity contribution in [2.45, 2.75) is 12.7 Å². The second kappa shape index (κ2) is 8.63. The highest BCUT2D eigenvalue weighted by atomic mass is 35.5. The van der Waals surface area contributed by atoms with Gasteiger partial charge in [-0.2, -0.15) is 13.2 Å². The van der Waals surface area contributed by atoms with Crippen LogP contribution in [0.3, 0.4) is 0 Å². The van der Waals surface area contributed by atoms with E-state index in [1.807, 2.05) is 10.6 Å². The SMILES string of the molecule is NC(=O)c1cccc2c1c1[c]cc(-c3c(Cl)cccc3Cl)cc1n2Cc1cccc(C(F)(F)F)c1. The molecule has 0 fully saturated rings. The van der Waals surface area contributed by atoms with Gasteiger partial charge in [-0.15, -0.1) is 0 Å². The molecule has 0 aliphatic heterocycles. The van der Waals surface area contributed by atoms with Crippen LogP contribution in [-0.4, -0.2) is 10.5 Å². The van der Waals surface area contributed by atoms with E-state index in [0.717, 1.165) is 12.1 Å². The number of nitrogens with two attached hydrogens (primary N) is 1. The lowest BCUT2D eigenvalue weighted by Gasteiger charge is -2.12. The molecule has 35 heavy (non-hydrogen) atoms. The van der Waals surface area contributed by atoms with E-state index in [1.165, 1.54) is 6.07 Å². The monoisotopic (exact) mass is 511 g/mol. The number of carbonyl (C=O) groups is 1. The quantitative estimate of drug-likeness (QED) is 0.263. The Kier molecular flexibility index (Phi) is 5.74. The summed E-state index contributed by atoms with van der Waals surface area (Å²) in [7, 11) is 0. The van der Waals surface area contributed by atoms with Crippen LogP contribution in [0.5, 0.6) is 0 Å². The van der Waals surface area contributed by atoms with Crippen molar-refractivity contribution >= 4 is 50.9 Å². The number of nitrogens with zero attached hydrogens (tertiary/aromatic N) is 1. The minimum atomic E-state index is -4.46. The van der Waals surface area contributed by atoms with Crippen molar-refractivity contribution in [2.75, 3.05) is 0 Å². The van der Waals surface area contributed by atoms with E-state index >= 15 is 0 Å². The molecule has 0 spiro atoms. The van der Waals surface area contributed by atoms with Gasteiger partial charge in [0.15, 0.2) is 0 Å². The van der Waals surface area contributed by atoms with Crippen LogP contribution in [0.4, 0.5) is 13.2 Å². The van der Waals surface area contributed by atoms with Crippen LogP contribution < -0.4 is 5.73 Å². The smallest absolute Gasteiger partial charge is 0.366 e. The largest absolute Gasteiger partial charge is 0.416 e. The summed E-state index contributed by atoms with van der Waals surface area (Å²) >= 11 is 12.8. The van der Waals surface area contributed by atoms with E-state index in [-0.39, 0.29) is 6.54 Å². The van der Waals surface area contributed by atoms with Crippen LogP contribution in [0, 0.1) is 6.07 Å². The lowest BCUT2D eigenvalue weighted by Crippen LogP contribution is -2.11. The Balaban J connectivity index is 1.79. The van der Waals surface area contributed by atoms with Crippen molar-refractivity contribution in [3.05, 3.63) is 106 Å². The molecule has 0 saturated carbocycles. The van der Waals surface area contributed by atoms with Gasteiger partial charge in [0.25, 0.3) is 0 Å². The van der Waals surface area contributed by atoms with Crippen molar-refractivity contribution in [2.24, 2.45) is 5.73 Å². The Morgan fingerprint density at radius 1 is 0.943 bits per heavy atom. The summed E-state index contributed by atoms with van der Waals surface area (Å²) in [6.07, 6.45) is -4.46. The van der Waals surface area contributed by atoms with Gasteiger partial charge in [0.2, 0.25) is 5.91 Å². The Morgan fingerprint density at radius 2 is 1.63 bits per heavy atom. The van der Waals surface area contributed by atoms with Crippen molar-refractivity contribution in [1.82, 2.24) is 4.57 Å². The first-order valence-electron chi connectivity index (χ1n) is 10.5. The Morgan fingerprint density at radius 3 is 2.31 bits per heavy atom. The molecule has 4 aromatic carbocycles. The van der Waals surface area contributed by atoms with E-state index in [1.54, 1.807) is 48.5 Å². The highest BCUT2D eigenvalue weighted by Gasteiger charge is 2.30. The number of fused-ring (bicyclic) bond motifs is 3. The van der Waals surface area contributed by atoms with Crippen LogP contribution in [0.15, 0.2) is 72.8 Å². The topological polar surface area (TPSA) is 48.0 Å². The predicted octanol–water partition coefficient (Wildman–Crippen LogP) is 7.73. The van der Waals surface area contributed by atoms with E-state index in [2.05, 4.69) is 6.07 Å². The van der Waals surface area contributed by atoms with Crippen molar-refractivity contribution < 1.29 is 18.0 Å². The molecule has 5 rings (SSSR count). The van der Waals surface area contributed by atoms with Crippen LogP contribution >= 0.6 is 23.2 Å². The number of rotatable bonds is 4. The molecule has 0 aliphatic rings. The number of hydrogen-bond acceptors (Lipinski definition) is 1. The summed E-state index contributed by atoms with van der Waals surface area (Å²) in [6, 6.07) is 22.2. The maximum absolute atomic E-state index is 13.3. The first-order valence-corrected chi connectivity index (χ1v) is 11.3. The zero-order valence-electron chi connectivity index (χ0n) is 18.0. The standard InChI is InChI=1S/C27H16Cl2F3N2O/c28-20-7-3-8-21(29)24(20)16-10-11-18-23(13-16)34(22-9-2-6-19(25(18)22)26(33)35)14-15-4-1-5-17(12-15)27(30,31)32/h1-10,12-13H,14H2,(H2,33,35). The van der Waals surface area contributed by atoms with Gasteiger partial charge in [-0.05, 0) is 65.7 Å². The Labute approximate surface area is 208 Å². The molecule has 5 aromatic rings. The van der Waals surface area contributed by atoms with E-state index in [9.17, 15) is 18.0 Å². The van der Waals surface area contributed by atoms with Gasteiger partial charge in [-0.25, -0.2) is 0 Å². The summed E-state index contributed by atoms with van der Waals surface area (Å²) in [5.74, 6) is -0.611. The van der Waals surface area contributed by atoms with Gasteiger partial charge in [-0.1, -0.05) is 47.5 Å². The van der Waals surface area contributed by atoms with Crippen molar-refractivity contribution in [1.29, 1.82) is 0 Å². The summed E-state index contributed by atoms with van der Waals surface area (Å²) in [4.78, 5) is 12.2. The number of carbonyl (C=O) groups excluding carboxylic acids is 1. The second-order valence-electron chi connectivity index (χ2n) is 8.09. The number of primary amides is 1. The molecule has 8 heteroatoms. The fraction of sp³-hybridized carbons (Fsp3) is 0.0741. The fourth-order valence-corrected chi connectivity index (χ4v) is 4.99. The van der Waals surface area contributed by atoms with Crippen LogP contribution in [0.1, 0.15) is 21.5 Å². The van der Waals surface area contributed by atoms with Gasteiger partial charge in [0.05, 0.1) is 16.6 Å². The average Bonchev–Trinajstić information content (AvgIpc) is 3.11. The van der Waals surface area contributed by atoms with Crippen LogP contribution in [0.25, 0.3) is 32.9 Å². The first kappa shape index (κ1) is 23.3. The number of amides is 1. The number of hydrogen-bond donors (Lipinski definition) is 1. The molecule has 0 unspecified atom stereocenters. The zero-order valence-corrected chi connectivity index (χ0v) is 19.5. The summed E-state index contributed by atoms with van der Waals surface area (Å²) < 4.78 is 41.8. The third kappa shape index (κ3) is 4.13. The average molecular weight is 512 g/mol. The third-order valence-corrected chi connectivity index (χ3v) is 6.54. The lowest BCUT2D eigenvalue weighted by atomic mass is 10.0. The normalized spacial score (nSPS) is 11.9. The molecule has 2 N–H and O–H groups in total. The molecular weight excluding hydrogens is 496 g/mol. The number of aromatic nitrogens is 1. The van der Waals surface area contributed by atoms with Gasteiger partial charge in [0, 0.05) is 38.5 Å². The molecule has 3 nitrogen and oxygen atoms in total. The van der Waals surface area contributed by atoms with E-state index in [0.29, 0.717) is 54.1 Å². The summed E-state index contributed by atoms with van der Waals surface area (Å²) in [5, 5.41) is 2.10. The zero-order chi connectivity index (χ0) is 24.9. The maximum atomic E-state index is 13.3. The highest BCUT2D eigenvalue weighted by molar-refractivity contribution is 6.39. The summed E-state index contributed by atoms with van der Waals surface area (Å²) in [6.45, 7) is 0.125. The fourth-order valence-electron chi connectivity index (χ4n) is 4.38. The van der Waals surface area contributed by atoms with Crippen LogP contribution in [0.2, 0.25) is 10.0 Å². The first-order chi connectivity index (χ1) is 16.6. The molecule has 0 bridgehead atoms. The van der Waals surface area contributed by atoms with Crippen LogP contribution in [-0.2, 0) is 12.7 Å². The second-order valence-corrected chi connectivity index (χ2v) is 8.91. The van der Waals surface area contributed by atoms with Gasteiger partial charge >= 0.3 is 6.18 Å². The lowest BCUT2D eigenvalue weighted by molar-refractivity contribution is -0.137. The number of benzene rings is 4. The maximum Gasteiger partial charge on any atom is 0.416 e. The molecule has 1 radical (unpaired) electrons. The van der Waals surface area contributed by atoms with E-state index in [4.69, 9.17) is 28.9 Å². The number of alkyl halides is 3. The molecular formula is C27H16Cl2F3N2O. The van der Waals surface area contributed by atoms with Gasteiger partial charge in [-0.3, -0.25) is 4.79 Å². The molecule has 1 amide bonds. The van der Waals surface area contributed by atoms with Crippen molar-refractivity contribution in [3.8, 4) is 11.1 Å². The Bertz CT molecular complexity index is 1600. The molecule has 0 atom stereocenters. The van der Waals surface area contributed by atoms with Gasteiger partial charge < -0.3 is 10.3 Å². The summed E-state index contributed by atoms with van der Waals surface area (Å²) in [5.41, 5.74) is 8.25. The molecule has 1 aromatic heterocycles. The third-order valence-electron chi connectivity index (χ3n) is 5.91. The van der Waals surface area contributed by atoms with Gasteiger partial charge in [0.1, 0.15) is 0 Å². The molecule has 0 aliphatic carbocycles. The Hall–Kier alpha value is -3.48. The molecule has 175 valence electrons. The minimum Gasteiger partial charge on any atom is -0.366 e. The minimum absolute atomic E-state index is 0.125. The van der Waals surface area contributed by atoms with E-state index < -0.39 is 17.6 Å². The van der Waals surface area contributed by atoms with Crippen molar-refractivity contribution in [3.63, 3.8) is 0 Å². The highest BCUT2D eigenvalue weighted by Crippen LogP contribution is 2.39. The number of halogens is 5.